The SMILES string of the molecule is Cc1c(-c2ccccc2)sc2ncn(CC(=O)N(C)Cc3ccccc3F)c(=O)c12. The van der Waals surface area contributed by atoms with Crippen LogP contribution >= 0.6 is 11.3 Å². The smallest absolute Gasteiger partial charge is 0.262 e. The number of benzene rings is 2. The molecular weight excluding hydrogens is 401 g/mol. The summed E-state index contributed by atoms with van der Waals surface area (Å²) >= 11 is 1.47. The summed E-state index contributed by atoms with van der Waals surface area (Å²) in [4.78, 5) is 33.2. The van der Waals surface area contributed by atoms with Crippen LogP contribution < -0.4 is 5.56 Å². The van der Waals surface area contributed by atoms with E-state index in [4.69, 9.17) is 0 Å². The number of carbonyl (C=O) groups is 1. The van der Waals surface area contributed by atoms with Crippen LogP contribution in [0, 0.1) is 12.7 Å². The van der Waals surface area contributed by atoms with Crippen molar-refractivity contribution in [3.8, 4) is 10.4 Å². The van der Waals surface area contributed by atoms with E-state index in [0.717, 1.165) is 16.0 Å². The molecule has 0 saturated heterocycles. The number of carbonyl (C=O) groups excluding carboxylic acids is 1. The second kappa shape index (κ2) is 8.20. The summed E-state index contributed by atoms with van der Waals surface area (Å²) in [6, 6.07) is 16.2. The first kappa shape index (κ1) is 20.0. The minimum atomic E-state index is -0.361. The number of amides is 1. The van der Waals surface area contributed by atoms with Gasteiger partial charge in [0.2, 0.25) is 5.91 Å². The van der Waals surface area contributed by atoms with E-state index in [1.807, 2.05) is 37.3 Å². The molecule has 0 aliphatic rings. The Labute approximate surface area is 177 Å². The maximum absolute atomic E-state index is 13.9. The van der Waals surface area contributed by atoms with Crippen molar-refractivity contribution in [2.24, 2.45) is 0 Å². The largest absolute Gasteiger partial charge is 0.340 e. The van der Waals surface area contributed by atoms with Crippen LogP contribution in [0.3, 0.4) is 0 Å². The highest BCUT2D eigenvalue weighted by Gasteiger charge is 2.18. The number of fused-ring (bicyclic) bond motifs is 1. The molecule has 0 aliphatic carbocycles. The topological polar surface area (TPSA) is 55.2 Å². The average Bonchev–Trinajstić information content (AvgIpc) is 3.09. The fourth-order valence-corrected chi connectivity index (χ4v) is 4.52. The van der Waals surface area contributed by atoms with Gasteiger partial charge in [0.15, 0.2) is 0 Å². The highest BCUT2D eigenvalue weighted by atomic mass is 32.1. The molecule has 4 rings (SSSR count). The lowest BCUT2D eigenvalue weighted by Crippen LogP contribution is -2.33. The van der Waals surface area contributed by atoms with E-state index in [1.54, 1.807) is 25.2 Å². The summed E-state index contributed by atoms with van der Waals surface area (Å²) in [6.07, 6.45) is 1.41. The monoisotopic (exact) mass is 421 g/mol. The molecule has 7 heteroatoms. The Hall–Kier alpha value is -3.32. The third-order valence-electron chi connectivity index (χ3n) is 5.05. The van der Waals surface area contributed by atoms with Gasteiger partial charge in [0, 0.05) is 24.0 Å². The molecule has 0 bridgehead atoms. The minimum absolute atomic E-state index is 0.131. The summed E-state index contributed by atoms with van der Waals surface area (Å²) in [5, 5.41) is 0.533. The van der Waals surface area contributed by atoms with E-state index in [-0.39, 0.29) is 30.4 Å². The Balaban J connectivity index is 1.61. The van der Waals surface area contributed by atoms with E-state index >= 15 is 0 Å². The van der Waals surface area contributed by atoms with Crippen LogP contribution in [0.2, 0.25) is 0 Å². The lowest BCUT2D eigenvalue weighted by molar-refractivity contribution is -0.131. The van der Waals surface area contributed by atoms with Gasteiger partial charge >= 0.3 is 0 Å². The second-order valence-corrected chi connectivity index (χ2v) is 8.12. The van der Waals surface area contributed by atoms with E-state index in [2.05, 4.69) is 4.98 Å². The van der Waals surface area contributed by atoms with Gasteiger partial charge in [-0.3, -0.25) is 14.2 Å². The summed E-state index contributed by atoms with van der Waals surface area (Å²) in [6.45, 7) is 1.88. The molecule has 4 aromatic rings. The quantitative estimate of drug-likeness (QED) is 0.485. The van der Waals surface area contributed by atoms with Crippen molar-refractivity contribution >= 4 is 27.5 Å². The summed E-state index contributed by atoms with van der Waals surface area (Å²) < 4.78 is 15.2. The van der Waals surface area contributed by atoms with Crippen LogP contribution in [-0.4, -0.2) is 27.4 Å². The molecule has 0 saturated carbocycles. The minimum Gasteiger partial charge on any atom is -0.340 e. The molecule has 0 aliphatic heterocycles. The van der Waals surface area contributed by atoms with E-state index in [9.17, 15) is 14.0 Å². The predicted octanol–water partition coefficient (Wildman–Crippen LogP) is 4.23. The van der Waals surface area contributed by atoms with Crippen LogP contribution in [0.5, 0.6) is 0 Å². The van der Waals surface area contributed by atoms with Gasteiger partial charge in [0.1, 0.15) is 17.2 Å². The predicted molar refractivity (Wildman–Crippen MR) is 117 cm³/mol. The van der Waals surface area contributed by atoms with Gasteiger partial charge in [-0.05, 0) is 24.1 Å². The first-order valence-electron chi connectivity index (χ1n) is 9.47. The van der Waals surface area contributed by atoms with Crippen LogP contribution in [0.1, 0.15) is 11.1 Å². The van der Waals surface area contributed by atoms with Crippen LogP contribution in [-0.2, 0) is 17.9 Å². The summed E-state index contributed by atoms with van der Waals surface area (Å²) in [5.74, 6) is -0.655. The van der Waals surface area contributed by atoms with Crippen LogP contribution in [0.15, 0.2) is 65.7 Å². The molecule has 1 amide bonds. The Morgan fingerprint density at radius 3 is 2.57 bits per heavy atom. The highest BCUT2D eigenvalue weighted by molar-refractivity contribution is 7.22. The van der Waals surface area contributed by atoms with Gasteiger partial charge in [-0.2, -0.15) is 0 Å². The maximum Gasteiger partial charge on any atom is 0.262 e. The Kier molecular flexibility index (Phi) is 5.46. The van der Waals surface area contributed by atoms with E-state index in [1.165, 1.54) is 33.2 Å². The summed E-state index contributed by atoms with van der Waals surface area (Å²) in [5.41, 5.74) is 2.07. The molecular formula is C23H20FN3O2S. The average molecular weight is 421 g/mol. The molecule has 2 aromatic heterocycles. The van der Waals surface area contributed by atoms with Gasteiger partial charge in [0.05, 0.1) is 11.7 Å². The van der Waals surface area contributed by atoms with E-state index in [0.29, 0.717) is 15.8 Å². The van der Waals surface area contributed by atoms with Gasteiger partial charge < -0.3 is 4.90 Å². The Morgan fingerprint density at radius 2 is 1.83 bits per heavy atom. The van der Waals surface area contributed by atoms with Crippen molar-refractivity contribution in [3.05, 3.63) is 88.2 Å². The zero-order chi connectivity index (χ0) is 21.3. The van der Waals surface area contributed by atoms with Crippen LogP contribution in [0.25, 0.3) is 20.7 Å². The number of aryl methyl sites for hydroxylation is 1. The zero-order valence-corrected chi connectivity index (χ0v) is 17.4. The zero-order valence-electron chi connectivity index (χ0n) is 16.6. The number of nitrogens with zero attached hydrogens (tertiary/aromatic N) is 3. The maximum atomic E-state index is 13.9. The molecule has 152 valence electrons. The first-order chi connectivity index (χ1) is 14.5. The van der Waals surface area contributed by atoms with Crippen molar-refractivity contribution in [3.63, 3.8) is 0 Å². The highest BCUT2D eigenvalue weighted by Crippen LogP contribution is 2.35. The van der Waals surface area contributed by atoms with Gasteiger partial charge in [-0.25, -0.2) is 9.37 Å². The van der Waals surface area contributed by atoms with Crippen molar-refractivity contribution in [2.45, 2.75) is 20.0 Å². The standard InChI is InChI=1S/C23H20FN3O2S/c1-15-20-22(30-21(15)16-8-4-3-5-9-16)25-14-27(23(20)29)13-19(28)26(2)12-17-10-6-7-11-18(17)24/h3-11,14H,12-13H2,1-2H3. The second-order valence-electron chi connectivity index (χ2n) is 7.12. The van der Waals surface area contributed by atoms with Crippen molar-refractivity contribution < 1.29 is 9.18 Å². The third kappa shape index (κ3) is 3.76. The lowest BCUT2D eigenvalue weighted by atomic mass is 10.1. The van der Waals surface area contributed by atoms with Gasteiger partial charge in [-0.15, -0.1) is 11.3 Å². The lowest BCUT2D eigenvalue weighted by Gasteiger charge is -2.18. The van der Waals surface area contributed by atoms with Crippen LogP contribution in [0.4, 0.5) is 4.39 Å². The van der Waals surface area contributed by atoms with Crippen molar-refractivity contribution in [2.75, 3.05) is 7.05 Å². The molecule has 2 aromatic carbocycles. The molecule has 0 atom stereocenters. The molecule has 0 unspecified atom stereocenters. The van der Waals surface area contributed by atoms with E-state index < -0.39 is 0 Å². The summed E-state index contributed by atoms with van der Waals surface area (Å²) in [7, 11) is 1.59. The molecule has 0 fully saturated rings. The van der Waals surface area contributed by atoms with Crippen molar-refractivity contribution in [1.82, 2.24) is 14.5 Å². The normalized spacial score (nSPS) is 11.0. The molecule has 0 radical (unpaired) electrons. The molecule has 0 N–H and O–H groups in total. The third-order valence-corrected chi connectivity index (χ3v) is 6.30. The number of halogens is 1. The van der Waals surface area contributed by atoms with Crippen molar-refractivity contribution in [1.29, 1.82) is 0 Å². The number of rotatable bonds is 5. The molecule has 30 heavy (non-hydrogen) atoms. The number of likely N-dealkylation sites (N-methyl/N-ethyl adjacent to an activating group) is 1. The molecule has 2 heterocycles. The fraction of sp³-hybridized carbons (Fsp3) is 0.174. The molecule has 5 nitrogen and oxygen atoms in total. The van der Waals surface area contributed by atoms with Gasteiger partial charge in [0.25, 0.3) is 5.56 Å². The Bertz CT molecular complexity index is 1280. The fourth-order valence-electron chi connectivity index (χ4n) is 3.37. The first-order valence-corrected chi connectivity index (χ1v) is 10.3. The Morgan fingerprint density at radius 1 is 1.13 bits per heavy atom. The number of aromatic nitrogens is 2. The number of thiophene rings is 1. The van der Waals surface area contributed by atoms with Gasteiger partial charge in [-0.1, -0.05) is 48.5 Å². The molecule has 0 spiro atoms. The number of hydrogen-bond donors (Lipinski definition) is 0. The number of hydrogen-bond acceptors (Lipinski definition) is 4.